The van der Waals surface area contributed by atoms with Gasteiger partial charge in [-0.05, 0) is 56.0 Å². The highest BCUT2D eigenvalue weighted by Gasteiger charge is 2.12. The first kappa shape index (κ1) is 15.6. The molecule has 3 nitrogen and oxygen atoms in total. The molecule has 0 saturated carbocycles. The summed E-state index contributed by atoms with van der Waals surface area (Å²) < 4.78 is 0. The van der Waals surface area contributed by atoms with E-state index in [0.29, 0.717) is 6.54 Å². The topological polar surface area (TPSA) is 32.3 Å². The molecule has 1 amide bonds. The summed E-state index contributed by atoms with van der Waals surface area (Å²) in [5, 5.41) is 3.02. The molecular weight excluding hydrogens is 284 g/mol. The fourth-order valence-electron chi connectivity index (χ4n) is 3.06. The maximum atomic E-state index is 12.3. The van der Waals surface area contributed by atoms with E-state index < -0.39 is 0 Å². The standard InChI is InChI=1S/C20H24N2O/c1-15-5-6-16(2)19(13-15)20(23)21-14-17-7-9-18(10-8-17)22-11-3-4-12-22/h5-10,13H,3-4,11-12,14H2,1-2H3,(H,21,23). The molecule has 0 bridgehead atoms. The predicted molar refractivity (Wildman–Crippen MR) is 95.0 cm³/mol. The van der Waals surface area contributed by atoms with E-state index in [9.17, 15) is 4.79 Å². The number of hydrogen-bond acceptors (Lipinski definition) is 2. The molecule has 3 heteroatoms. The fraction of sp³-hybridized carbons (Fsp3) is 0.350. The Kier molecular flexibility index (Phi) is 4.65. The van der Waals surface area contributed by atoms with Crippen LogP contribution in [0.2, 0.25) is 0 Å². The van der Waals surface area contributed by atoms with Gasteiger partial charge in [0.2, 0.25) is 0 Å². The van der Waals surface area contributed by atoms with Gasteiger partial charge in [0.1, 0.15) is 0 Å². The predicted octanol–water partition coefficient (Wildman–Crippen LogP) is 3.83. The van der Waals surface area contributed by atoms with E-state index in [1.165, 1.54) is 18.5 Å². The van der Waals surface area contributed by atoms with Crippen LogP contribution in [0.25, 0.3) is 0 Å². The third kappa shape index (κ3) is 3.73. The number of hydrogen-bond donors (Lipinski definition) is 1. The molecule has 120 valence electrons. The monoisotopic (exact) mass is 308 g/mol. The Morgan fingerprint density at radius 1 is 1.04 bits per heavy atom. The molecule has 2 aromatic carbocycles. The molecule has 1 aliphatic rings. The quantitative estimate of drug-likeness (QED) is 0.931. The lowest BCUT2D eigenvalue weighted by atomic mass is 10.0. The Labute approximate surface area is 138 Å². The third-order valence-corrected chi connectivity index (χ3v) is 4.50. The van der Waals surface area contributed by atoms with Crippen molar-refractivity contribution < 1.29 is 4.79 Å². The SMILES string of the molecule is Cc1ccc(C)c(C(=O)NCc2ccc(N3CCCC3)cc2)c1. The largest absolute Gasteiger partial charge is 0.372 e. The average Bonchev–Trinajstić information content (AvgIpc) is 3.10. The van der Waals surface area contributed by atoms with E-state index in [1.54, 1.807) is 0 Å². The van der Waals surface area contributed by atoms with Gasteiger partial charge in [0, 0.05) is 30.9 Å². The van der Waals surface area contributed by atoms with E-state index in [2.05, 4.69) is 34.5 Å². The Bertz CT molecular complexity index is 685. The molecule has 0 atom stereocenters. The zero-order chi connectivity index (χ0) is 16.2. The molecule has 1 fully saturated rings. The molecule has 0 spiro atoms. The molecular formula is C20H24N2O. The molecule has 0 aliphatic carbocycles. The second kappa shape index (κ2) is 6.86. The number of carbonyl (C=O) groups excluding carboxylic acids is 1. The summed E-state index contributed by atoms with van der Waals surface area (Å²) in [5.74, 6) is -0.00480. The number of aryl methyl sites for hydroxylation is 2. The van der Waals surface area contributed by atoms with Crippen LogP contribution in [0.5, 0.6) is 0 Å². The molecule has 1 heterocycles. The Balaban J connectivity index is 1.61. The van der Waals surface area contributed by atoms with Crippen molar-refractivity contribution in [3.63, 3.8) is 0 Å². The van der Waals surface area contributed by atoms with Crippen LogP contribution in [0.1, 0.15) is 39.9 Å². The van der Waals surface area contributed by atoms with Crippen molar-refractivity contribution in [2.75, 3.05) is 18.0 Å². The minimum Gasteiger partial charge on any atom is -0.372 e. The molecule has 3 rings (SSSR count). The number of nitrogens with one attached hydrogen (secondary N) is 1. The maximum absolute atomic E-state index is 12.3. The summed E-state index contributed by atoms with van der Waals surface area (Å²) in [5.41, 5.74) is 5.30. The zero-order valence-corrected chi connectivity index (χ0v) is 13.9. The van der Waals surface area contributed by atoms with Crippen LogP contribution in [0.4, 0.5) is 5.69 Å². The number of rotatable bonds is 4. The van der Waals surface area contributed by atoms with Crippen molar-refractivity contribution >= 4 is 11.6 Å². The van der Waals surface area contributed by atoms with Gasteiger partial charge in [-0.2, -0.15) is 0 Å². The lowest BCUT2D eigenvalue weighted by Gasteiger charge is -2.17. The van der Waals surface area contributed by atoms with Crippen molar-refractivity contribution in [3.05, 3.63) is 64.7 Å². The van der Waals surface area contributed by atoms with Gasteiger partial charge < -0.3 is 10.2 Å². The Morgan fingerprint density at radius 3 is 2.43 bits per heavy atom. The molecule has 0 radical (unpaired) electrons. The summed E-state index contributed by atoms with van der Waals surface area (Å²) in [6.45, 7) is 6.85. The van der Waals surface area contributed by atoms with E-state index >= 15 is 0 Å². The van der Waals surface area contributed by atoms with Crippen LogP contribution in [0.15, 0.2) is 42.5 Å². The Morgan fingerprint density at radius 2 is 1.74 bits per heavy atom. The fourth-order valence-corrected chi connectivity index (χ4v) is 3.06. The number of amides is 1. The summed E-state index contributed by atoms with van der Waals surface area (Å²) in [7, 11) is 0. The van der Waals surface area contributed by atoms with E-state index in [1.807, 2.05) is 32.0 Å². The molecule has 1 N–H and O–H groups in total. The van der Waals surface area contributed by atoms with E-state index in [4.69, 9.17) is 0 Å². The van der Waals surface area contributed by atoms with Gasteiger partial charge in [0.15, 0.2) is 0 Å². The van der Waals surface area contributed by atoms with Crippen LogP contribution in [-0.4, -0.2) is 19.0 Å². The first-order chi connectivity index (χ1) is 11.1. The normalized spacial score (nSPS) is 14.1. The third-order valence-electron chi connectivity index (χ3n) is 4.50. The first-order valence-corrected chi connectivity index (χ1v) is 8.33. The second-order valence-corrected chi connectivity index (χ2v) is 6.36. The van der Waals surface area contributed by atoms with Crippen LogP contribution in [0, 0.1) is 13.8 Å². The minimum absolute atomic E-state index is 0.00480. The zero-order valence-electron chi connectivity index (χ0n) is 13.9. The summed E-state index contributed by atoms with van der Waals surface area (Å²) >= 11 is 0. The van der Waals surface area contributed by atoms with Crippen LogP contribution in [-0.2, 0) is 6.54 Å². The van der Waals surface area contributed by atoms with Gasteiger partial charge in [0.05, 0.1) is 0 Å². The number of carbonyl (C=O) groups is 1. The highest BCUT2D eigenvalue weighted by Crippen LogP contribution is 2.20. The van der Waals surface area contributed by atoms with E-state index in [-0.39, 0.29) is 5.91 Å². The van der Waals surface area contributed by atoms with Crippen molar-refractivity contribution in [3.8, 4) is 0 Å². The molecule has 0 aromatic heterocycles. The Hall–Kier alpha value is -2.29. The van der Waals surface area contributed by atoms with Gasteiger partial charge in [-0.1, -0.05) is 29.8 Å². The van der Waals surface area contributed by atoms with Crippen LogP contribution >= 0.6 is 0 Å². The average molecular weight is 308 g/mol. The summed E-state index contributed by atoms with van der Waals surface area (Å²) in [6, 6.07) is 14.5. The van der Waals surface area contributed by atoms with Crippen molar-refractivity contribution in [2.45, 2.75) is 33.2 Å². The molecule has 1 aliphatic heterocycles. The lowest BCUT2D eigenvalue weighted by Crippen LogP contribution is -2.23. The van der Waals surface area contributed by atoms with Gasteiger partial charge >= 0.3 is 0 Å². The highest BCUT2D eigenvalue weighted by molar-refractivity contribution is 5.95. The number of anilines is 1. The highest BCUT2D eigenvalue weighted by atomic mass is 16.1. The number of benzene rings is 2. The molecule has 1 saturated heterocycles. The second-order valence-electron chi connectivity index (χ2n) is 6.36. The van der Waals surface area contributed by atoms with Crippen molar-refractivity contribution in [2.24, 2.45) is 0 Å². The summed E-state index contributed by atoms with van der Waals surface area (Å²) in [4.78, 5) is 14.8. The van der Waals surface area contributed by atoms with Crippen molar-refractivity contribution in [1.82, 2.24) is 5.32 Å². The summed E-state index contributed by atoms with van der Waals surface area (Å²) in [6.07, 6.45) is 2.57. The van der Waals surface area contributed by atoms with Gasteiger partial charge in [0.25, 0.3) is 5.91 Å². The molecule has 0 unspecified atom stereocenters. The van der Waals surface area contributed by atoms with Gasteiger partial charge in [-0.15, -0.1) is 0 Å². The maximum Gasteiger partial charge on any atom is 0.251 e. The molecule has 2 aromatic rings. The van der Waals surface area contributed by atoms with Crippen LogP contribution < -0.4 is 10.2 Å². The van der Waals surface area contributed by atoms with Crippen molar-refractivity contribution in [1.29, 1.82) is 0 Å². The lowest BCUT2D eigenvalue weighted by molar-refractivity contribution is 0.0950. The van der Waals surface area contributed by atoms with E-state index in [0.717, 1.165) is 35.3 Å². The minimum atomic E-state index is -0.00480. The van der Waals surface area contributed by atoms with Gasteiger partial charge in [-0.3, -0.25) is 4.79 Å². The first-order valence-electron chi connectivity index (χ1n) is 8.33. The molecule has 23 heavy (non-hydrogen) atoms. The smallest absolute Gasteiger partial charge is 0.251 e. The van der Waals surface area contributed by atoms with Crippen LogP contribution in [0.3, 0.4) is 0 Å². The van der Waals surface area contributed by atoms with Gasteiger partial charge in [-0.25, -0.2) is 0 Å². The number of nitrogens with zero attached hydrogens (tertiary/aromatic N) is 1.